The molecule has 2 heterocycles. The van der Waals surface area contributed by atoms with Crippen molar-refractivity contribution >= 4 is 23.5 Å². The lowest BCUT2D eigenvalue weighted by atomic mass is 9.82. The molecule has 0 aliphatic carbocycles. The van der Waals surface area contributed by atoms with Crippen LogP contribution in [0.4, 0.5) is 5.69 Å². The number of aliphatic carboxylic acids is 1. The highest BCUT2D eigenvalue weighted by molar-refractivity contribution is 5.98. The zero-order valence-electron chi connectivity index (χ0n) is 11.3. The van der Waals surface area contributed by atoms with Crippen molar-refractivity contribution < 1.29 is 29.3 Å². The number of hydrogen-bond donors (Lipinski definition) is 3. The Bertz CT molecular complexity index is 682. The number of rotatable bonds is 4. The number of aromatic carboxylic acids is 1. The molecule has 2 aliphatic heterocycles. The van der Waals surface area contributed by atoms with Crippen LogP contribution in [0.1, 0.15) is 10.4 Å². The van der Waals surface area contributed by atoms with Gasteiger partial charge in [-0.25, -0.2) is 4.79 Å². The average Bonchev–Trinajstić information content (AvgIpc) is 3.07. The minimum Gasteiger partial charge on any atom is -0.481 e. The molecule has 0 saturated carbocycles. The van der Waals surface area contributed by atoms with Gasteiger partial charge in [-0.15, -0.1) is 0 Å². The SMILES string of the molecule is O=C(O)c1cccc(NC(=O)C2C(C(=O)O)[C@H]3C=C[C@@H]2O3)c1. The van der Waals surface area contributed by atoms with Crippen LogP contribution in [0.3, 0.4) is 0 Å². The normalized spacial score (nSPS) is 28.5. The Kier molecular flexibility index (Phi) is 3.42. The van der Waals surface area contributed by atoms with Crippen molar-refractivity contribution in [1.82, 2.24) is 0 Å². The number of amides is 1. The first-order chi connectivity index (χ1) is 10.5. The van der Waals surface area contributed by atoms with Crippen LogP contribution in [0.25, 0.3) is 0 Å². The van der Waals surface area contributed by atoms with E-state index in [1.165, 1.54) is 18.2 Å². The number of carboxylic acids is 2. The van der Waals surface area contributed by atoms with Gasteiger partial charge in [-0.1, -0.05) is 18.2 Å². The number of ether oxygens (including phenoxy) is 1. The van der Waals surface area contributed by atoms with Crippen molar-refractivity contribution in [3.05, 3.63) is 42.0 Å². The molecule has 7 heteroatoms. The fraction of sp³-hybridized carbons (Fsp3) is 0.267. The first-order valence-corrected chi connectivity index (χ1v) is 6.68. The van der Waals surface area contributed by atoms with Crippen molar-refractivity contribution in [2.75, 3.05) is 5.32 Å². The van der Waals surface area contributed by atoms with E-state index in [9.17, 15) is 19.5 Å². The number of anilines is 1. The summed E-state index contributed by atoms with van der Waals surface area (Å²) in [6, 6.07) is 5.77. The van der Waals surface area contributed by atoms with Gasteiger partial charge in [0.25, 0.3) is 0 Å². The van der Waals surface area contributed by atoms with Gasteiger partial charge in [0, 0.05) is 5.69 Å². The summed E-state index contributed by atoms with van der Waals surface area (Å²) in [6.45, 7) is 0. The second kappa shape index (κ2) is 5.27. The van der Waals surface area contributed by atoms with E-state index in [-0.39, 0.29) is 5.56 Å². The third-order valence-corrected chi connectivity index (χ3v) is 3.86. The molecule has 0 spiro atoms. The Morgan fingerprint density at radius 2 is 1.73 bits per heavy atom. The molecule has 1 amide bonds. The first-order valence-electron chi connectivity index (χ1n) is 6.68. The van der Waals surface area contributed by atoms with Gasteiger partial charge < -0.3 is 20.3 Å². The summed E-state index contributed by atoms with van der Waals surface area (Å²) in [5.74, 6) is -4.45. The van der Waals surface area contributed by atoms with E-state index in [0.717, 1.165) is 0 Å². The van der Waals surface area contributed by atoms with Crippen LogP contribution in [0.15, 0.2) is 36.4 Å². The van der Waals surface area contributed by atoms with Gasteiger partial charge in [-0.2, -0.15) is 0 Å². The molecule has 2 bridgehead atoms. The quantitative estimate of drug-likeness (QED) is 0.715. The number of fused-ring (bicyclic) bond motifs is 2. The summed E-state index contributed by atoms with van der Waals surface area (Å²) in [5, 5.41) is 20.8. The Morgan fingerprint density at radius 3 is 2.36 bits per heavy atom. The predicted octanol–water partition coefficient (Wildman–Crippen LogP) is 0.977. The van der Waals surface area contributed by atoms with Crippen LogP contribution in [0.2, 0.25) is 0 Å². The van der Waals surface area contributed by atoms with E-state index >= 15 is 0 Å². The van der Waals surface area contributed by atoms with Gasteiger partial charge in [0.1, 0.15) is 5.92 Å². The van der Waals surface area contributed by atoms with E-state index in [1.54, 1.807) is 18.2 Å². The number of carboxylic acid groups (broad SMARTS) is 2. The van der Waals surface area contributed by atoms with Crippen LogP contribution in [-0.4, -0.2) is 40.3 Å². The van der Waals surface area contributed by atoms with Crippen molar-refractivity contribution in [1.29, 1.82) is 0 Å². The van der Waals surface area contributed by atoms with Crippen LogP contribution < -0.4 is 5.32 Å². The molecule has 1 saturated heterocycles. The second-order valence-corrected chi connectivity index (χ2v) is 5.22. The van der Waals surface area contributed by atoms with Crippen molar-refractivity contribution in [2.24, 2.45) is 11.8 Å². The zero-order valence-corrected chi connectivity index (χ0v) is 11.3. The van der Waals surface area contributed by atoms with E-state index < -0.39 is 41.9 Å². The van der Waals surface area contributed by atoms with Crippen molar-refractivity contribution in [3.8, 4) is 0 Å². The first kappa shape index (κ1) is 14.3. The van der Waals surface area contributed by atoms with Crippen LogP contribution >= 0.6 is 0 Å². The summed E-state index contributed by atoms with van der Waals surface area (Å²) < 4.78 is 5.43. The molecule has 3 rings (SSSR count). The summed E-state index contributed by atoms with van der Waals surface area (Å²) >= 11 is 0. The maximum absolute atomic E-state index is 12.4. The fourth-order valence-corrected chi connectivity index (χ4v) is 2.87. The van der Waals surface area contributed by atoms with Gasteiger partial charge in [-0.05, 0) is 18.2 Å². The predicted molar refractivity (Wildman–Crippen MR) is 74.4 cm³/mol. The molecule has 1 aromatic rings. The Morgan fingerprint density at radius 1 is 1.05 bits per heavy atom. The average molecular weight is 303 g/mol. The molecule has 0 radical (unpaired) electrons. The number of hydrogen-bond acceptors (Lipinski definition) is 4. The Balaban J connectivity index is 1.80. The lowest BCUT2D eigenvalue weighted by molar-refractivity contribution is -0.145. The maximum atomic E-state index is 12.4. The highest BCUT2D eigenvalue weighted by Crippen LogP contribution is 2.39. The maximum Gasteiger partial charge on any atom is 0.335 e. The molecular weight excluding hydrogens is 290 g/mol. The van der Waals surface area contributed by atoms with E-state index in [0.29, 0.717) is 5.69 Å². The zero-order chi connectivity index (χ0) is 15.9. The molecule has 4 atom stereocenters. The van der Waals surface area contributed by atoms with Crippen LogP contribution in [0.5, 0.6) is 0 Å². The van der Waals surface area contributed by atoms with Crippen molar-refractivity contribution in [3.63, 3.8) is 0 Å². The third kappa shape index (κ3) is 2.35. The smallest absolute Gasteiger partial charge is 0.335 e. The Hall–Kier alpha value is -2.67. The molecule has 2 unspecified atom stereocenters. The fourth-order valence-electron chi connectivity index (χ4n) is 2.87. The Labute approximate surface area is 125 Å². The summed E-state index contributed by atoms with van der Waals surface area (Å²) in [6.07, 6.45) is 2.18. The number of nitrogens with one attached hydrogen (secondary N) is 1. The topological polar surface area (TPSA) is 113 Å². The molecule has 1 fully saturated rings. The second-order valence-electron chi connectivity index (χ2n) is 5.22. The number of benzene rings is 1. The molecule has 2 aliphatic rings. The van der Waals surface area contributed by atoms with Crippen LogP contribution in [-0.2, 0) is 14.3 Å². The third-order valence-electron chi connectivity index (χ3n) is 3.86. The number of carbonyl (C=O) groups excluding carboxylic acids is 1. The highest BCUT2D eigenvalue weighted by Gasteiger charge is 2.53. The molecule has 7 nitrogen and oxygen atoms in total. The van der Waals surface area contributed by atoms with Gasteiger partial charge in [0.05, 0.1) is 23.7 Å². The lowest BCUT2D eigenvalue weighted by Gasteiger charge is -2.21. The standard InChI is InChI=1S/C15H13NO6/c17-13(16-8-3-1-2-7(6-8)14(18)19)11-9-4-5-10(22-9)12(11)15(20)21/h1-6,9-12H,(H,16,17)(H,18,19)(H,20,21)/t9-,10+,11?,12?/m0/s1. The summed E-state index contributed by atoms with van der Waals surface area (Å²) in [7, 11) is 0. The van der Waals surface area contributed by atoms with Gasteiger partial charge >= 0.3 is 11.9 Å². The summed E-state index contributed by atoms with van der Waals surface area (Å²) in [4.78, 5) is 34.6. The molecular formula is C15H13NO6. The van der Waals surface area contributed by atoms with Crippen LogP contribution in [0, 0.1) is 11.8 Å². The molecule has 1 aromatic carbocycles. The largest absolute Gasteiger partial charge is 0.481 e. The highest BCUT2D eigenvalue weighted by atomic mass is 16.5. The lowest BCUT2D eigenvalue weighted by Crippen LogP contribution is -2.39. The monoisotopic (exact) mass is 303 g/mol. The van der Waals surface area contributed by atoms with Crippen molar-refractivity contribution in [2.45, 2.75) is 12.2 Å². The summed E-state index contributed by atoms with van der Waals surface area (Å²) in [5.41, 5.74) is 0.345. The van der Waals surface area contributed by atoms with Gasteiger partial charge in [0.15, 0.2) is 0 Å². The van der Waals surface area contributed by atoms with E-state index in [4.69, 9.17) is 9.84 Å². The molecule has 0 aromatic heterocycles. The van der Waals surface area contributed by atoms with E-state index in [1.807, 2.05) is 0 Å². The molecule has 22 heavy (non-hydrogen) atoms. The molecule has 3 N–H and O–H groups in total. The van der Waals surface area contributed by atoms with E-state index in [2.05, 4.69) is 5.32 Å². The minimum absolute atomic E-state index is 0.0386. The molecule has 114 valence electrons. The van der Waals surface area contributed by atoms with Gasteiger partial charge in [-0.3, -0.25) is 9.59 Å². The minimum atomic E-state index is -1.11. The van der Waals surface area contributed by atoms with Gasteiger partial charge in [0.2, 0.25) is 5.91 Å². The number of carbonyl (C=O) groups is 3.